The summed E-state index contributed by atoms with van der Waals surface area (Å²) in [6, 6.07) is 0. The minimum Gasteiger partial charge on any atom is -0.324 e. The van der Waals surface area contributed by atoms with E-state index >= 15 is 0 Å². The average molecular weight is 114 g/mol. The van der Waals surface area contributed by atoms with Crippen molar-refractivity contribution in [3.63, 3.8) is 0 Å². The molecule has 1 rings (SSSR count). The number of hydrogen-bond acceptors (Lipinski definition) is 2. The number of nitrogens with two attached hydrogens (primary N) is 1. The third kappa shape index (κ3) is 0.858. The lowest BCUT2D eigenvalue weighted by molar-refractivity contribution is 0.404. The lowest BCUT2D eigenvalue weighted by atomic mass is 9.92. The molecule has 1 fully saturated rings. The highest BCUT2D eigenvalue weighted by Crippen LogP contribution is 2.16. The Morgan fingerprint density at radius 2 is 2.38 bits per heavy atom. The van der Waals surface area contributed by atoms with E-state index in [9.17, 15) is 0 Å². The van der Waals surface area contributed by atoms with Gasteiger partial charge in [0, 0.05) is 12.1 Å². The number of nitrogens with one attached hydrogen (secondary N) is 1. The molecule has 2 atom stereocenters. The maximum Gasteiger partial charge on any atom is 0.0290 e. The highest BCUT2D eigenvalue weighted by molar-refractivity contribution is 4.93. The van der Waals surface area contributed by atoms with Crippen molar-refractivity contribution in [3.8, 4) is 0 Å². The summed E-state index contributed by atoms with van der Waals surface area (Å²) >= 11 is 0. The van der Waals surface area contributed by atoms with Crippen molar-refractivity contribution < 1.29 is 0 Å². The SMILES string of the molecule is C[C@H]1CNC[C@]1(C)N. The van der Waals surface area contributed by atoms with E-state index in [0.717, 1.165) is 13.1 Å². The smallest absolute Gasteiger partial charge is 0.0290 e. The fraction of sp³-hybridized carbons (Fsp3) is 1.00. The van der Waals surface area contributed by atoms with Gasteiger partial charge in [-0.15, -0.1) is 0 Å². The Hall–Kier alpha value is -0.0800. The fourth-order valence-corrected chi connectivity index (χ4v) is 0.965. The molecule has 1 aliphatic rings. The highest BCUT2D eigenvalue weighted by Gasteiger charge is 2.30. The first kappa shape index (κ1) is 6.05. The van der Waals surface area contributed by atoms with Gasteiger partial charge < -0.3 is 11.1 Å². The van der Waals surface area contributed by atoms with E-state index < -0.39 is 0 Å². The van der Waals surface area contributed by atoms with Gasteiger partial charge in [0.25, 0.3) is 0 Å². The Kier molecular flexibility index (Phi) is 1.29. The van der Waals surface area contributed by atoms with Gasteiger partial charge in [-0.2, -0.15) is 0 Å². The van der Waals surface area contributed by atoms with E-state index in [0.29, 0.717) is 5.92 Å². The molecule has 0 aromatic carbocycles. The molecule has 0 unspecified atom stereocenters. The predicted molar refractivity (Wildman–Crippen MR) is 34.6 cm³/mol. The molecule has 48 valence electrons. The topological polar surface area (TPSA) is 38.0 Å². The van der Waals surface area contributed by atoms with Crippen molar-refractivity contribution in [2.24, 2.45) is 11.7 Å². The molecule has 3 N–H and O–H groups in total. The van der Waals surface area contributed by atoms with Crippen LogP contribution in [0.1, 0.15) is 13.8 Å². The Labute approximate surface area is 50.4 Å². The van der Waals surface area contributed by atoms with Gasteiger partial charge in [0.15, 0.2) is 0 Å². The van der Waals surface area contributed by atoms with Gasteiger partial charge in [-0.05, 0) is 19.4 Å². The summed E-state index contributed by atoms with van der Waals surface area (Å²) in [5.41, 5.74) is 5.90. The van der Waals surface area contributed by atoms with Gasteiger partial charge in [-0.3, -0.25) is 0 Å². The van der Waals surface area contributed by atoms with Crippen molar-refractivity contribution >= 4 is 0 Å². The van der Waals surface area contributed by atoms with Crippen molar-refractivity contribution in [1.29, 1.82) is 0 Å². The van der Waals surface area contributed by atoms with Crippen molar-refractivity contribution in [2.45, 2.75) is 19.4 Å². The Morgan fingerprint density at radius 3 is 2.50 bits per heavy atom. The second-order valence-corrected chi connectivity index (χ2v) is 3.04. The van der Waals surface area contributed by atoms with Gasteiger partial charge in [-0.25, -0.2) is 0 Å². The monoisotopic (exact) mass is 114 g/mol. The van der Waals surface area contributed by atoms with E-state index in [-0.39, 0.29) is 5.54 Å². The van der Waals surface area contributed by atoms with Crippen LogP contribution in [0.3, 0.4) is 0 Å². The van der Waals surface area contributed by atoms with Crippen LogP contribution in [-0.4, -0.2) is 18.6 Å². The van der Waals surface area contributed by atoms with Crippen molar-refractivity contribution in [3.05, 3.63) is 0 Å². The predicted octanol–water partition coefficient (Wildman–Crippen LogP) is -0.0569. The first-order valence-electron chi connectivity index (χ1n) is 3.12. The maximum atomic E-state index is 5.86. The minimum atomic E-state index is 0.0417. The zero-order chi connectivity index (χ0) is 6.20. The van der Waals surface area contributed by atoms with Gasteiger partial charge in [0.1, 0.15) is 0 Å². The van der Waals surface area contributed by atoms with Crippen LogP contribution in [0, 0.1) is 5.92 Å². The normalized spacial score (nSPS) is 47.6. The van der Waals surface area contributed by atoms with Crippen molar-refractivity contribution in [1.82, 2.24) is 5.32 Å². The Bertz CT molecular complexity index is 88.5. The standard InChI is InChI=1S/C6H14N2/c1-5-3-8-4-6(5,2)7/h5,8H,3-4,7H2,1-2H3/t5-,6-/m0/s1. The summed E-state index contributed by atoms with van der Waals surface area (Å²) in [5.74, 6) is 0.627. The summed E-state index contributed by atoms with van der Waals surface area (Å²) in [6.45, 7) is 6.32. The van der Waals surface area contributed by atoms with E-state index in [2.05, 4.69) is 19.2 Å². The third-order valence-corrected chi connectivity index (χ3v) is 2.08. The van der Waals surface area contributed by atoms with Crippen LogP contribution >= 0.6 is 0 Å². The molecular weight excluding hydrogens is 100 g/mol. The molecule has 0 aliphatic carbocycles. The van der Waals surface area contributed by atoms with Crippen LogP contribution in [-0.2, 0) is 0 Å². The van der Waals surface area contributed by atoms with Crippen LogP contribution in [0.25, 0.3) is 0 Å². The third-order valence-electron chi connectivity index (χ3n) is 2.08. The lowest BCUT2D eigenvalue weighted by Crippen LogP contribution is -2.42. The van der Waals surface area contributed by atoms with Gasteiger partial charge >= 0.3 is 0 Å². The fourth-order valence-electron chi connectivity index (χ4n) is 0.965. The summed E-state index contributed by atoms with van der Waals surface area (Å²) in [5, 5.41) is 3.24. The van der Waals surface area contributed by atoms with Gasteiger partial charge in [-0.1, -0.05) is 6.92 Å². The molecule has 0 bridgehead atoms. The highest BCUT2D eigenvalue weighted by atomic mass is 15.0. The molecule has 0 spiro atoms. The first-order chi connectivity index (χ1) is 3.63. The summed E-state index contributed by atoms with van der Waals surface area (Å²) < 4.78 is 0. The lowest BCUT2D eigenvalue weighted by Gasteiger charge is -2.21. The summed E-state index contributed by atoms with van der Waals surface area (Å²) in [6.07, 6.45) is 0. The molecule has 0 radical (unpaired) electrons. The van der Waals surface area contributed by atoms with E-state index in [1.54, 1.807) is 0 Å². The quantitative estimate of drug-likeness (QED) is 0.463. The molecule has 1 saturated heterocycles. The van der Waals surface area contributed by atoms with Crippen LogP contribution < -0.4 is 11.1 Å². The van der Waals surface area contributed by atoms with E-state index in [1.165, 1.54) is 0 Å². The molecule has 1 aliphatic heterocycles. The molecule has 8 heavy (non-hydrogen) atoms. The van der Waals surface area contributed by atoms with E-state index in [1.807, 2.05) is 0 Å². The summed E-state index contributed by atoms with van der Waals surface area (Å²) in [7, 11) is 0. The molecule has 0 amide bonds. The summed E-state index contributed by atoms with van der Waals surface area (Å²) in [4.78, 5) is 0. The molecule has 0 aromatic rings. The van der Waals surface area contributed by atoms with Crippen LogP contribution in [0.15, 0.2) is 0 Å². The Balaban J connectivity index is 2.54. The van der Waals surface area contributed by atoms with E-state index in [4.69, 9.17) is 5.73 Å². The first-order valence-corrected chi connectivity index (χ1v) is 3.12. The van der Waals surface area contributed by atoms with Gasteiger partial charge in [0.05, 0.1) is 0 Å². The molecule has 0 saturated carbocycles. The maximum absolute atomic E-state index is 5.86. The molecule has 1 heterocycles. The van der Waals surface area contributed by atoms with Crippen LogP contribution in [0.2, 0.25) is 0 Å². The number of rotatable bonds is 0. The average Bonchev–Trinajstić information content (AvgIpc) is 1.86. The second kappa shape index (κ2) is 1.71. The van der Waals surface area contributed by atoms with Crippen LogP contribution in [0.5, 0.6) is 0 Å². The molecule has 2 heteroatoms. The van der Waals surface area contributed by atoms with Crippen LogP contribution in [0.4, 0.5) is 0 Å². The molecular formula is C6H14N2. The Morgan fingerprint density at radius 1 is 1.75 bits per heavy atom. The molecule has 2 nitrogen and oxygen atoms in total. The largest absolute Gasteiger partial charge is 0.324 e. The molecule has 0 aromatic heterocycles. The van der Waals surface area contributed by atoms with Crippen molar-refractivity contribution in [2.75, 3.05) is 13.1 Å². The zero-order valence-corrected chi connectivity index (χ0v) is 5.57. The zero-order valence-electron chi connectivity index (χ0n) is 5.57. The minimum absolute atomic E-state index is 0.0417. The van der Waals surface area contributed by atoms with Gasteiger partial charge in [0.2, 0.25) is 0 Å². The second-order valence-electron chi connectivity index (χ2n) is 3.04. The number of hydrogen-bond donors (Lipinski definition) is 2.